The Labute approximate surface area is 123 Å². The highest BCUT2D eigenvalue weighted by molar-refractivity contribution is 5.73. The van der Waals surface area contributed by atoms with Crippen LogP contribution in [0.1, 0.15) is 51.9 Å². The molecule has 4 heteroatoms. The average molecular weight is 281 g/mol. The molecule has 1 heterocycles. The van der Waals surface area contributed by atoms with Crippen LogP contribution in [0.15, 0.2) is 0 Å². The minimum atomic E-state index is 0.00746. The van der Waals surface area contributed by atoms with Crippen LogP contribution in [0.3, 0.4) is 0 Å². The second kappa shape index (κ2) is 8.50. The molecular formula is C16H31N3O. The normalized spacial score (nSPS) is 24.8. The molecule has 1 saturated carbocycles. The molecule has 1 atom stereocenters. The van der Waals surface area contributed by atoms with Crippen molar-refractivity contribution >= 4 is 6.03 Å². The summed E-state index contributed by atoms with van der Waals surface area (Å²) in [5.74, 6) is 1.66. The van der Waals surface area contributed by atoms with Gasteiger partial charge in [-0.1, -0.05) is 32.6 Å². The van der Waals surface area contributed by atoms with Gasteiger partial charge in [-0.25, -0.2) is 4.79 Å². The predicted molar refractivity (Wildman–Crippen MR) is 82.8 cm³/mol. The number of rotatable bonds is 6. The van der Waals surface area contributed by atoms with Crippen molar-refractivity contribution in [3.8, 4) is 0 Å². The Kier molecular flexibility index (Phi) is 6.64. The third-order valence-corrected chi connectivity index (χ3v) is 4.77. The predicted octanol–water partition coefficient (Wildman–Crippen LogP) is 2.60. The van der Waals surface area contributed by atoms with E-state index in [1.165, 1.54) is 51.6 Å². The van der Waals surface area contributed by atoms with Crippen LogP contribution in [0, 0.1) is 11.8 Å². The average Bonchev–Trinajstić information content (AvgIpc) is 2.92. The van der Waals surface area contributed by atoms with E-state index < -0.39 is 0 Å². The number of carbonyl (C=O) groups excluding carboxylic acids is 1. The highest BCUT2D eigenvalue weighted by Gasteiger charge is 2.16. The van der Waals surface area contributed by atoms with Crippen molar-refractivity contribution in [3.63, 3.8) is 0 Å². The molecule has 2 amide bonds. The van der Waals surface area contributed by atoms with Crippen molar-refractivity contribution in [2.45, 2.75) is 51.9 Å². The lowest BCUT2D eigenvalue weighted by atomic mass is 10.0. The molecule has 2 rings (SSSR count). The van der Waals surface area contributed by atoms with Crippen LogP contribution in [0.5, 0.6) is 0 Å². The lowest BCUT2D eigenvalue weighted by Crippen LogP contribution is -2.43. The minimum Gasteiger partial charge on any atom is -0.338 e. The van der Waals surface area contributed by atoms with Crippen LogP contribution in [-0.4, -0.2) is 43.7 Å². The first-order chi connectivity index (χ1) is 9.74. The Hall–Kier alpha value is -0.770. The molecule has 20 heavy (non-hydrogen) atoms. The SMILES string of the molecule is CC1CCCN(CCNC(=O)NCCC2CCCC2)C1. The van der Waals surface area contributed by atoms with Gasteiger partial charge in [-0.3, -0.25) is 0 Å². The van der Waals surface area contributed by atoms with Crippen LogP contribution in [0.4, 0.5) is 4.79 Å². The highest BCUT2D eigenvalue weighted by Crippen LogP contribution is 2.26. The number of likely N-dealkylation sites (tertiary alicyclic amines) is 1. The molecule has 116 valence electrons. The number of urea groups is 1. The molecule has 1 aliphatic carbocycles. The Bertz CT molecular complexity index is 289. The first kappa shape index (κ1) is 15.6. The first-order valence-electron chi connectivity index (χ1n) is 8.48. The largest absolute Gasteiger partial charge is 0.338 e. The van der Waals surface area contributed by atoms with Crippen LogP contribution in [-0.2, 0) is 0 Å². The lowest BCUT2D eigenvalue weighted by molar-refractivity contribution is 0.184. The summed E-state index contributed by atoms with van der Waals surface area (Å²) in [4.78, 5) is 14.1. The fourth-order valence-electron chi connectivity index (χ4n) is 3.57. The number of hydrogen-bond donors (Lipinski definition) is 2. The molecule has 2 N–H and O–H groups in total. The van der Waals surface area contributed by atoms with Gasteiger partial charge in [0.05, 0.1) is 0 Å². The van der Waals surface area contributed by atoms with E-state index in [4.69, 9.17) is 0 Å². The number of nitrogens with zero attached hydrogens (tertiary/aromatic N) is 1. The Morgan fingerprint density at radius 3 is 2.60 bits per heavy atom. The number of nitrogens with one attached hydrogen (secondary N) is 2. The molecule has 0 aromatic rings. The maximum absolute atomic E-state index is 11.7. The van der Waals surface area contributed by atoms with E-state index in [9.17, 15) is 4.79 Å². The third-order valence-electron chi connectivity index (χ3n) is 4.77. The van der Waals surface area contributed by atoms with Gasteiger partial charge in [-0.05, 0) is 37.6 Å². The lowest BCUT2D eigenvalue weighted by Gasteiger charge is -2.30. The standard InChI is InChI=1S/C16H31N3O/c1-14-5-4-11-19(13-14)12-10-18-16(20)17-9-8-15-6-2-3-7-15/h14-15H,2-13H2,1H3,(H2,17,18,20). The van der Waals surface area contributed by atoms with E-state index in [1.54, 1.807) is 0 Å². The molecule has 2 aliphatic rings. The van der Waals surface area contributed by atoms with Gasteiger partial charge >= 0.3 is 6.03 Å². The molecule has 2 fully saturated rings. The smallest absolute Gasteiger partial charge is 0.314 e. The van der Waals surface area contributed by atoms with Crippen molar-refractivity contribution < 1.29 is 4.79 Å². The molecule has 1 aliphatic heterocycles. The molecule has 0 bridgehead atoms. The summed E-state index contributed by atoms with van der Waals surface area (Å²) in [5, 5.41) is 5.97. The zero-order valence-corrected chi connectivity index (χ0v) is 13.0. The van der Waals surface area contributed by atoms with Crippen molar-refractivity contribution in [2.24, 2.45) is 11.8 Å². The van der Waals surface area contributed by atoms with E-state index in [0.29, 0.717) is 0 Å². The van der Waals surface area contributed by atoms with Crippen LogP contribution >= 0.6 is 0 Å². The molecular weight excluding hydrogens is 250 g/mol. The van der Waals surface area contributed by atoms with Crippen molar-refractivity contribution in [3.05, 3.63) is 0 Å². The first-order valence-corrected chi connectivity index (χ1v) is 8.48. The summed E-state index contributed by atoms with van der Waals surface area (Å²) in [6.45, 7) is 7.27. The third kappa shape index (κ3) is 5.70. The van der Waals surface area contributed by atoms with Gasteiger partial charge in [0.2, 0.25) is 0 Å². The van der Waals surface area contributed by atoms with E-state index in [1.807, 2.05) is 0 Å². The number of carbonyl (C=O) groups is 1. The maximum Gasteiger partial charge on any atom is 0.314 e. The van der Waals surface area contributed by atoms with Crippen LogP contribution < -0.4 is 10.6 Å². The molecule has 4 nitrogen and oxygen atoms in total. The van der Waals surface area contributed by atoms with Gasteiger partial charge in [-0.2, -0.15) is 0 Å². The fraction of sp³-hybridized carbons (Fsp3) is 0.938. The summed E-state index contributed by atoms with van der Waals surface area (Å²) in [6.07, 6.45) is 9.28. The minimum absolute atomic E-state index is 0.00746. The Balaban J connectivity index is 1.47. The monoisotopic (exact) mass is 281 g/mol. The fourth-order valence-corrected chi connectivity index (χ4v) is 3.57. The second-order valence-corrected chi connectivity index (χ2v) is 6.67. The van der Waals surface area contributed by atoms with E-state index in [0.717, 1.165) is 37.9 Å². The highest BCUT2D eigenvalue weighted by atomic mass is 16.2. The van der Waals surface area contributed by atoms with Gasteiger partial charge in [-0.15, -0.1) is 0 Å². The van der Waals surface area contributed by atoms with E-state index in [2.05, 4.69) is 22.5 Å². The van der Waals surface area contributed by atoms with Gasteiger partial charge < -0.3 is 15.5 Å². The zero-order valence-electron chi connectivity index (χ0n) is 13.0. The van der Waals surface area contributed by atoms with Crippen molar-refractivity contribution in [2.75, 3.05) is 32.7 Å². The van der Waals surface area contributed by atoms with Crippen LogP contribution in [0.25, 0.3) is 0 Å². The van der Waals surface area contributed by atoms with Crippen molar-refractivity contribution in [1.82, 2.24) is 15.5 Å². The van der Waals surface area contributed by atoms with E-state index in [-0.39, 0.29) is 6.03 Å². The summed E-state index contributed by atoms with van der Waals surface area (Å²) < 4.78 is 0. The van der Waals surface area contributed by atoms with Gasteiger partial charge in [0, 0.05) is 26.2 Å². The maximum atomic E-state index is 11.7. The van der Waals surface area contributed by atoms with Crippen LogP contribution in [0.2, 0.25) is 0 Å². The number of hydrogen-bond acceptors (Lipinski definition) is 2. The Morgan fingerprint density at radius 2 is 1.85 bits per heavy atom. The molecule has 0 aromatic carbocycles. The van der Waals surface area contributed by atoms with Gasteiger partial charge in [0.15, 0.2) is 0 Å². The summed E-state index contributed by atoms with van der Waals surface area (Å²) >= 11 is 0. The zero-order chi connectivity index (χ0) is 14.2. The van der Waals surface area contributed by atoms with E-state index >= 15 is 0 Å². The second-order valence-electron chi connectivity index (χ2n) is 6.67. The van der Waals surface area contributed by atoms with Gasteiger partial charge in [0.1, 0.15) is 0 Å². The Morgan fingerprint density at radius 1 is 1.10 bits per heavy atom. The van der Waals surface area contributed by atoms with Gasteiger partial charge in [0.25, 0.3) is 0 Å². The molecule has 0 spiro atoms. The summed E-state index contributed by atoms with van der Waals surface area (Å²) in [7, 11) is 0. The number of piperidine rings is 1. The quantitative estimate of drug-likeness (QED) is 0.786. The molecule has 0 radical (unpaired) electrons. The summed E-state index contributed by atoms with van der Waals surface area (Å²) in [5.41, 5.74) is 0. The topological polar surface area (TPSA) is 44.4 Å². The number of amides is 2. The van der Waals surface area contributed by atoms with Crippen molar-refractivity contribution in [1.29, 1.82) is 0 Å². The molecule has 1 saturated heterocycles. The molecule has 0 aromatic heterocycles. The molecule has 1 unspecified atom stereocenters. The summed E-state index contributed by atoms with van der Waals surface area (Å²) in [6, 6.07) is 0.00746.